The second-order valence-corrected chi connectivity index (χ2v) is 7.68. The maximum atomic E-state index is 13.4. The number of likely N-dealkylation sites (tertiary alicyclic amines) is 1. The van der Waals surface area contributed by atoms with Gasteiger partial charge in [-0.25, -0.2) is 9.37 Å². The van der Waals surface area contributed by atoms with Crippen molar-refractivity contribution >= 4 is 16.8 Å². The Morgan fingerprint density at radius 3 is 3.03 bits per heavy atom. The zero-order valence-electron chi connectivity index (χ0n) is 16.3. The maximum Gasteiger partial charge on any atom is 0.275 e. The molecule has 5 rings (SSSR count). The molecule has 1 amide bonds. The molecule has 1 atom stereocenters. The van der Waals surface area contributed by atoms with Gasteiger partial charge < -0.3 is 9.32 Å². The number of halogens is 1. The Morgan fingerprint density at radius 2 is 2.13 bits per heavy atom. The lowest BCUT2D eigenvalue weighted by atomic mass is 9.97. The molecule has 0 saturated carbocycles. The van der Waals surface area contributed by atoms with Gasteiger partial charge in [0.25, 0.3) is 5.91 Å². The van der Waals surface area contributed by atoms with Crippen LogP contribution in [0.15, 0.2) is 59.1 Å². The highest BCUT2D eigenvalue weighted by atomic mass is 19.1. The predicted octanol–water partition coefficient (Wildman–Crippen LogP) is 4.30. The Labute approximate surface area is 172 Å². The second kappa shape index (κ2) is 7.74. The molecule has 3 heterocycles. The normalized spacial score (nSPS) is 16.8. The first kappa shape index (κ1) is 18.5. The molecular formula is C23H21FN4O2. The van der Waals surface area contributed by atoms with E-state index in [4.69, 9.17) is 4.42 Å². The second-order valence-electron chi connectivity index (χ2n) is 7.68. The predicted molar refractivity (Wildman–Crippen MR) is 110 cm³/mol. The summed E-state index contributed by atoms with van der Waals surface area (Å²) in [7, 11) is 0. The Hall–Kier alpha value is -3.48. The smallest absolute Gasteiger partial charge is 0.275 e. The molecular weight excluding hydrogens is 383 g/mol. The Morgan fingerprint density at radius 1 is 1.23 bits per heavy atom. The van der Waals surface area contributed by atoms with E-state index in [1.54, 1.807) is 12.3 Å². The average molecular weight is 404 g/mol. The van der Waals surface area contributed by atoms with E-state index in [9.17, 15) is 9.18 Å². The number of hydrogen-bond acceptors (Lipinski definition) is 4. The lowest BCUT2D eigenvalue weighted by Crippen LogP contribution is -2.39. The zero-order chi connectivity index (χ0) is 20.5. The summed E-state index contributed by atoms with van der Waals surface area (Å²) in [6.45, 7) is 1.23. The van der Waals surface area contributed by atoms with E-state index in [1.165, 1.54) is 12.1 Å². The highest BCUT2D eigenvalue weighted by Gasteiger charge is 2.30. The van der Waals surface area contributed by atoms with Crippen molar-refractivity contribution in [2.45, 2.75) is 25.2 Å². The van der Waals surface area contributed by atoms with Gasteiger partial charge in [-0.1, -0.05) is 30.3 Å². The summed E-state index contributed by atoms with van der Waals surface area (Å²) in [6, 6.07) is 14.1. The van der Waals surface area contributed by atoms with E-state index in [1.807, 2.05) is 35.2 Å². The molecule has 4 aromatic rings. The van der Waals surface area contributed by atoms with Crippen molar-refractivity contribution < 1.29 is 13.6 Å². The van der Waals surface area contributed by atoms with Gasteiger partial charge >= 0.3 is 0 Å². The van der Waals surface area contributed by atoms with Crippen molar-refractivity contribution in [3.63, 3.8) is 0 Å². The number of piperidine rings is 1. The van der Waals surface area contributed by atoms with Crippen molar-refractivity contribution in [3.05, 3.63) is 83.5 Å². The Kier molecular flexibility index (Phi) is 4.78. The number of rotatable bonds is 4. The lowest BCUT2D eigenvalue weighted by molar-refractivity contribution is 0.0694. The minimum absolute atomic E-state index is 0.0363. The molecule has 6 nitrogen and oxygen atoms in total. The fourth-order valence-electron chi connectivity index (χ4n) is 4.08. The van der Waals surface area contributed by atoms with Gasteiger partial charge in [0.2, 0.25) is 0 Å². The first-order valence-corrected chi connectivity index (χ1v) is 10.1. The number of H-pyrrole nitrogens is 1. The van der Waals surface area contributed by atoms with Crippen LogP contribution in [0.5, 0.6) is 0 Å². The van der Waals surface area contributed by atoms with Crippen LogP contribution in [-0.4, -0.2) is 39.1 Å². The highest BCUT2D eigenvalue weighted by Crippen LogP contribution is 2.29. The van der Waals surface area contributed by atoms with Crippen LogP contribution in [0, 0.1) is 5.82 Å². The van der Waals surface area contributed by atoms with Gasteiger partial charge in [0, 0.05) is 24.9 Å². The van der Waals surface area contributed by atoms with Crippen LogP contribution in [0.3, 0.4) is 0 Å². The van der Waals surface area contributed by atoms with Crippen molar-refractivity contribution in [1.29, 1.82) is 0 Å². The van der Waals surface area contributed by atoms with Crippen molar-refractivity contribution in [3.8, 4) is 0 Å². The zero-order valence-corrected chi connectivity index (χ0v) is 16.3. The first-order chi connectivity index (χ1) is 14.7. The summed E-state index contributed by atoms with van der Waals surface area (Å²) in [5, 5.41) is 8.00. The summed E-state index contributed by atoms with van der Waals surface area (Å²) in [6.07, 6.45) is 3.97. The molecule has 1 aliphatic rings. The van der Waals surface area contributed by atoms with Gasteiger partial charge in [-0.05, 0) is 36.6 Å². The van der Waals surface area contributed by atoms with Crippen molar-refractivity contribution in [2.24, 2.45) is 0 Å². The molecule has 1 N–H and O–H groups in total. The van der Waals surface area contributed by atoms with E-state index >= 15 is 0 Å². The number of para-hydroxylation sites is 1. The topological polar surface area (TPSA) is 75.0 Å². The van der Waals surface area contributed by atoms with Gasteiger partial charge in [0.1, 0.15) is 11.6 Å². The fourth-order valence-corrected chi connectivity index (χ4v) is 4.08. The van der Waals surface area contributed by atoms with Crippen LogP contribution in [0.2, 0.25) is 0 Å². The van der Waals surface area contributed by atoms with Gasteiger partial charge in [-0.3, -0.25) is 9.89 Å². The summed E-state index contributed by atoms with van der Waals surface area (Å²) < 4.78 is 19.4. The third kappa shape index (κ3) is 3.58. The first-order valence-electron chi connectivity index (χ1n) is 10.1. The van der Waals surface area contributed by atoms with Gasteiger partial charge in [0.05, 0.1) is 17.6 Å². The molecule has 2 aromatic carbocycles. The fraction of sp³-hybridized carbons (Fsp3) is 0.261. The molecule has 0 radical (unpaired) electrons. The standard InChI is InChI=1S/C23H21FN4O2/c24-17-7-3-5-15(11-17)12-18-13-25-22(30-18)16-6-4-10-28(14-16)23(29)21-19-8-1-2-9-20(19)26-27-21/h1-3,5,7-9,11,13,16H,4,6,10,12,14H2,(H,26,27). The Bertz CT molecular complexity index is 1200. The molecule has 30 heavy (non-hydrogen) atoms. The molecule has 1 unspecified atom stereocenters. The third-order valence-electron chi connectivity index (χ3n) is 5.57. The van der Waals surface area contributed by atoms with Crippen LogP contribution in [0.4, 0.5) is 4.39 Å². The Balaban J connectivity index is 1.31. The summed E-state index contributed by atoms with van der Waals surface area (Å²) in [5.41, 5.74) is 2.14. The molecule has 0 bridgehead atoms. The molecule has 2 aromatic heterocycles. The maximum absolute atomic E-state index is 13.4. The molecule has 152 valence electrons. The summed E-state index contributed by atoms with van der Waals surface area (Å²) in [4.78, 5) is 19.4. The number of carbonyl (C=O) groups excluding carboxylic acids is 1. The number of oxazole rings is 1. The summed E-state index contributed by atoms with van der Waals surface area (Å²) in [5.74, 6) is 1.01. The molecule has 0 aliphatic carbocycles. The number of nitrogens with zero attached hydrogens (tertiary/aromatic N) is 3. The molecule has 0 spiro atoms. The molecule has 1 saturated heterocycles. The quantitative estimate of drug-likeness (QED) is 0.550. The number of benzene rings is 2. The SMILES string of the molecule is O=C(c1n[nH]c2ccccc12)N1CCCC(c2ncc(Cc3cccc(F)c3)o2)C1. The van der Waals surface area contributed by atoms with Crippen molar-refractivity contribution in [1.82, 2.24) is 20.1 Å². The third-order valence-corrected chi connectivity index (χ3v) is 5.57. The van der Waals surface area contributed by atoms with Gasteiger partial charge in [-0.2, -0.15) is 5.10 Å². The minimum atomic E-state index is -0.264. The van der Waals surface area contributed by atoms with E-state index in [0.29, 0.717) is 36.9 Å². The molecule has 7 heteroatoms. The largest absolute Gasteiger partial charge is 0.445 e. The van der Waals surface area contributed by atoms with E-state index in [-0.39, 0.29) is 17.6 Å². The van der Waals surface area contributed by atoms with Crippen LogP contribution in [0.1, 0.15) is 46.5 Å². The number of aromatic amines is 1. The van der Waals surface area contributed by atoms with Crippen LogP contribution in [0.25, 0.3) is 10.9 Å². The van der Waals surface area contributed by atoms with Crippen molar-refractivity contribution in [2.75, 3.05) is 13.1 Å². The van der Waals surface area contributed by atoms with Gasteiger partial charge in [-0.15, -0.1) is 0 Å². The number of aromatic nitrogens is 3. The van der Waals surface area contributed by atoms with E-state index < -0.39 is 0 Å². The number of fused-ring (bicyclic) bond motifs is 1. The number of hydrogen-bond donors (Lipinski definition) is 1. The molecule has 1 fully saturated rings. The minimum Gasteiger partial charge on any atom is -0.445 e. The number of nitrogens with one attached hydrogen (secondary N) is 1. The average Bonchev–Trinajstić information content (AvgIpc) is 3.41. The lowest BCUT2D eigenvalue weighted by Gasteiger charge is -2.30. The number of carbonyl (C=O) groups is 1. The molecule has 1 aliphatic heterocycles. The van der Waals surface area contributed by atoms with Crippen LogP contribution in [-0.2, 0) is 6.42 Å². The summed E-state index contributed by atoms with van der Waals surface area (Å²) >= 11 is 0. The van der Waals surface area contributed by atoms with E-state index in [0.717, 1.165) is 29.3 Å². The van der Waals surface area contributed by atoms with Crippen LogP contribution < -0.4 is 0 Å². The van der Waals surface area contributed by atoms with E-state index in [2.05, 4.69) is 15.2 Å². The van der Waals surface area contributed by atoms with Gasteiger partial charge in [0.15, 0.2) is 11.6 Å². The highest BCUT2D eigenvalue weighted by molar-refractivity contribution is 6.04. The number of amides is 1. The van der Waals surface area contributed by atoms with Crippen LogP contribution >= 0.6 is 0 Å². The monoisotopic (exact) mass is 404 g/mol.